The molecule has 1 aromatic heterocycles. The SMILES string of the molecule is CCC1CCCCN1c1cncc(C(=O)NC2CCCCC2)c1. The Morgan fingerprint density at radius 3 is 2.74 bits per heavy atom. The number of hydrogen-bond acceptors (Lipinski definition) is 3. The number of pyridine rings is 1. The highest BCUT2D eigenvalue weighted by molar-refractivity contribution is 5.95. The number of carbonyl (C=O) groups is 1. The van der Waals surface area contributed by atoms with Crippen molar-refractivity contribution in [2.75, 3.05) is 11.4 Å². The average molecular weight is 315 g/mol. The van der Waals surface area contributed by atoms with Crippen LogP contribution >= 0.6 is 0 Å². The maximum atomic E-state index is 12.5. The quantitative estimate of drug-likeness (QED) is 0.916. The fourth-order valence-corrected chi connectivity index (χ4v) is 3.99. The average Bonchev–Trinajstić information content (AvgIpc) is 2.62. The minimum Gasteiger partial charge on any atom is -0.367 e. The minimum atomic E-state index is 0.0382. The molecule has 1 saturated carbocycles. The Morgan fingerprint density at radius 1 is 1.17 bits per heavy atom. The fourth-order valence-electron chi connectivity index (χ4n) is 3.99. The molecule has 1 unspecified atom stereocenters. The summed E-state index contributed by atoms with van der Waals surface area (Å²) in [6, 6.07) is 2.96. The monoisotopic (exact) mass is 315 g/mol. The van der Waals surface area contributed by atoms with E-state index in [0.717, 1.165) is 31.5 Å². The predicted octanol–water partition coefficient (Wildman–Crippen LogP) is 3.91. The van der Waals surface area contributed by atoms with Gasteiger partial charge in [-0.25, -0.2) is 0 Å². The number of nitrogens with zero attached hydrogens (tertiary/aromatic N) is 2. The first-order valence-corrected chi connectivity index (χ1v) is 9.30. The van der Waals surface area contributed by atoms with Crippen LogP contribution in [0.15, 0.2) is 18.5 Å². The van der Waals surface area contributed by atoms with Crippen molar-refractivity contribution in [1.82, 2.24) is 10.3 Å². The van der Waals surface area contributed by atoms with Gasteiger partial charge < -0.3 is 10.2 Å². The number of piperidine rings is 1. The largest absolute Gasteiger partial charge is 0.367 e. The molecule has 2 heterocycles. The van der Waals surface area contributed by atoms with Gasteiger partial charge in [0.15, 0.2) is 0 Å². The van der Waals surface area contributed by atoms with E-state index in [9.17, 15) is 4.79 Å². The van der Waals surface area contributed by atoms with Gasteiger partial charge in [-0.15, -0.1) is 0 Å². The highest BCUT2D eigenvalue weighted by atomic mass is 16.1. The molecule has 1 aromatic rings. The molecule has 0 bridgehead atoms. The van der Waals surface area contributed by atoms with Crippen LogP contribution in [0.25, 0.3) is 0 Å². The van der Waals surface area contributed by atoms with E-state index in [-0.39, 0.29) is 5.91 Å². The smallest absolute Gasteiger partial charge is 0.253 e. The third-order valence-electron chi connectivity index (χ3n) is 5.36. The van der Waals surface area contributed by atoms with E-state index in [4.69, 9.17) is 0 Å². The number of amides is 1. The van der Waals surface area contributed by atoms with Crippen molar-refractivity contribution >= 4 is 11.6 Å². The van der Waals surface area contributed by atoms with Gasteiger partial charge in [0.1, 0.15) is 0 Å². The van der Waals surface area contributed by atoms with Gasteiger partial charge in [0.25, 0.3) is 5.91 Å². The molecule has 1 saturated heterocycles. The molecule has 1 atom stereocenters. The molecule has 1 amide bonds. The molecule has 2 fully saturated rings. The number of rotatable bonds is 4. The molecular formula is C19H29N3O. The predicted molar refractivity (Wildman–Crippen MR) is 93.9 cm³/mol. The molecule has 126 valence electrons. The van der Waals surface area contributed by atoms with Gasteiger partial charge in [0, 0.05) is 24.8 Å². The molecule has 0 radical (unpaired) electrons. The molecule has 3 rings (SSSR count). The van der Waals surface area contributed by atoms with Gasteiger partial charge in [-0.3, -0.25) is 9.78 Å². The zero-order valence-corrected chi connectivity index (χ0v) is 14.3. The standard InChI is InChI=1S/C19H29N3O/c1-2-17-10-6-7-11-22(17)18-12-15(13-20-14-18)19(23)21-16-8-4-3-5-9-16/h12-14,16-17H,2-11H2,1H3,(H,21,23). The van der Waals surface area contributed by atoms with E-state index in [1.165, 1.54) is 38.5 Å². The van der Waals surface area contributed by atoms with E-state index >= 15 is 0 Å². The number of anilines is 1. The van der Waals surface area contributed by atoms with Crippen LogP contribution in [0.2, 0.25) is 0 Å². The lowest BCUT2D eigenvalue weighted by atomic mass is 9.95. The summed E-state index contributed by atoms with van der Waals surface area (Å²) in [5.41, 5.74) is 1.81. The fraction of sp³-hybridized carbons (Fsp3) is 0.684. The molecule has 1 aliphatic heterocycles. The van der Waals surface area contributed by atoms with Crippen LogP contribution in [0, 0.1) is 0 Å². The van der Waals surface area contributed by atoms with E-state index in [1.54, 1.807) is 6.20 Å². The Hall–Kier alpha value is -1.58. The second-order valence-electron chi connectivity index (χ2n) is 6.99. The Balaban J connectivity index is 1.69. The normalized spacial score (nSPS) is 22.8. The minimum absolute atomic E-state index is 0.0382. The first-order chi connectivity index (χ1) is 11.3. The van der Waals surface area contributed by atoms with Gasteiger partial charge in [0.2, 0.25) is 0 Å². The van der Waals surface area contributed by atoms with E-state index in [1.807, 2.05) is 12.3 Å². The zero-order valence-electron chi connectivity index (χ0n) is 14.3. The third kappa shape index (κ3) is 4.04. The third-order valence-corrected chi connectivity index (χ3v) is 5.36. The summed E-state index contributed by atoms with van der Waals surface area (Å²) in [6.07, 6.45) is 14.5. The van der Waals surface area contributed by atoms with Crippen LogP contribution < -0.4 is 10.2 Å². The van der Waals surface area contributed by atoms with Gasteiger partial charge in [-0.1, -0.05) is 26.2 Å². The summed E-state index contributed by atoms with van der Waals surface area (Å²) < 4.78 is 0. The van der Waals surface area contributed by atoms with Crippen molar-refractivity contribution in [2.45, 2.75) is 76.8 Å². The number of nitrogens with one attached hydrogen (secondary N) is 1. The van der Waals surface area contributed by atoms with E-state index in [0.29, 0.717) is 17.6 Å². The van der Waals surface area contributed by atoms with Gasteiger partial charge in [0.05, 0.1) is 17.4 Å². The lowest BCUT2D eigenvalue weighted by molar-refractivity contribution is 0.0927. The van der Waals surface area contributed by atoms with Crippen molar-refractivity contribution in [3.8, 4) is 0 Å². The summed E-state index contributed by atoms with van der Waals surface area (Å²) >= 11 is 0. The maximum Gasteiger partial charge on any atom is 0.253 e. The van der Waals surface area contributed by atoms with Gasteiger partial charge >= 0.3 is 0 Å². The Kier molecular flexibility index (Phi) is 5.52. The van der Waals surface area contributed by atoms with Crippen molar-refractivity contribution < 1.29 is 4.79 Å². The molecule has 4 heteroatoms. The van der Waals surface area contributed by atoms with Crippen LogP contribution in [-0.2, 0) is 0 Å². The maximum absolute atomic E-state index is 12.5. The van der Waals surface area contributed by atoms with Crippen LogP contribution in [0.3, 0.4) is 0 Å². The lowest BCUT2D eigenvalue weighted by Gasteiger charge is -2.37. The first kappa shape index (κ1) is 16.3. The second kappa shape index (κ2) is 7.80. The molecule has 23 heavy (non-hydrogen) atoms. The number of carbonyl (C=O) groups excluding carboxylic acids is 1. The summed E-state index contributed by atoms with van der Waals surface area (Å²) in [6.45, 7) is 3.32. The second-order valence-corrected chi connectivity index (χ2v) is 6.99. The van der Waals surface area contributed by atoms with Crippen molar-refractivity contribution in [1.29, 1.82) is 0 Å². The highest BCUT2D eigenvalue weighted by Crippen LogP contribution is 2.26. The highest BCUT2D eigenvalue weighted by Gasteiger charge is 2.22. The number of hydrogen-bond donors (Lipinski definition) is 1. The van der Waals surface area contributed by atoms with Crippen molar-refractivity contribution in [2.24, 2.45) is 0 Å². The lowest BCUT2D eigenvalue weighted by Crippen LogP contribution is -2.39. The molecule has 0 spiro atoms. The molecule has 1 N–H and O–H groups in total. The summed E-state index contributed by atoms with van der Waals surface area (Å²) in [5, 5.41) is 3.19. The van der Waals surface area contributed by atoms with Crippen LogP contribution in [-0.4, -0.2) is 29.5 Å². The molecule has 2 aliphatic rings. The van der Waals surface area contributed by atoms with Crippen LogP contribution in [0.1, 0.15) is 75.1 Å². The van der Waals surface area contributed by atoms with Gasteiger partial charge in [-0.2, -0.15) is 0 Å². The topological polar surface area (TPSA) is 45.2 Å². The zero-order chi connectivity index (χ0) is 16.1. The molecule has 4 nitrogen and oxygen atoms in total. The van der Waals surface area contributed by atoms with Gasteiger partial charge in [-0.05, 0) is 44.6 Å². The molecule has 1 aliphatic carbocycles. The van der Waals surface area contributed by atoms with Crippen molar-refractivity contribution in [3.05, 3.63) is 24.0 Å². The van der Waals surface area contributed by atoms with E-state index < -0.39 is 0 Å². The van der Waals surface area contributed by atoms with E-state index in [2.05, 4.69) is 22.1 Å². The first-order valence-electron chi connectivity index (χ1n) is 9.30. The molecular weight excluding hydrogens is 286 g/mol. The number of aromatic nitrogens is 1. The van der Waals surface area contributed by atoms with Crippen molar-refractivity contribution in [3.63, 3.8) is 0 Å². The van der Waals surface area contributed by atoms with Crippen LogP contribution in [0.5, 0.6) is 0 Å². The molecule has 0 aromatic carbocycles. The summed E-state index contributed by atoms with van der Waals surface area (Å²) in [5.74, 6) is 0.0382. The summed E-state index contributed by atoms with van der Waals surface area (Å²) in [7, 11) is 0. The Bertz CT molecular complexity index is 525. The summed E-state index contributed by atoms with van der Waals surface area (Å²) in [4.78, 5) is 19.3. The Labute approximate surface area is 139 Å². The Morgan fingerprint density at radius 2 is 1.96 bits per heavy atom. The van der Waals surface area contributed by atoms with Crippen LogP contribution in [0.4, 0.5) is 5.69 Å².